The Bertz CT molecular complexity index is 5530. The number of fused-ring (bicyclic) bond motifs is 5. The summed E-state index contributed by atoms with van der Waals surface area (Å²) >= 11 is 8.92. The number of aromatic nitrogens is 8. The number of nitrogens with one attached hydrogen (secondary N) is 4. The number of nitro benzene ring substituents is 2. The Morgan fingerprint density at radius 2 is 1.06 bits per heavy atom. The highest BCUT2D eigenvalue weighted by Crippen LogP contribution is 2.35. The fraction of sp³-hybridized carbons (Fsp3) is 0.241. The Morgan fingerprint density at radius 1 is 0.570 bits per heavy atom. The van der Waals surface area contributed by atoms with Crippen LogP contribution in [0.15, 0.2) is 226 Å². The molecule has 0 unspecified atom stereocenters. The smallest absolute Gasteiger partial charge is 0.270 e. The average Bonchev–Trinajstić information content (AvgIpc) is 1.70. The second kappa shape index (κ2) is 49.8. The molecule has 34 heteroatoms. The zero-order chi connectivity index (χ0) is 86.8. The Hall–Kier alpha value is -13.3. The number of aromatic amines is 1. The van der Waals surface area contributed by atoms with Crippen LogP contribution in [0.25, 0.3) is 49.7 Å². The number of H-pyrrole nitrogens is 1. The maximum absolute atomic E-state index is 11.6. The minimum atomic E-state index is -0.396. The minimum absolute atomic E-state index is 0.0434. The number of non-ortho nitro benzene ring substituents is 2. The van der Waals surface area contributed by atoms with Gasteiger partial charge in [-0.2, -0.15) is 14.9 Å². The lowest BCUT2D eigenvalue weighted by Gasteiger charge is -2.12. The van der Waals surface area contributed by atoms with Crippen LogP contribution >= 0.6 is 27.5 Å². The number of amides is 2. The second-order valence-corrected chi connectivity index (χ2v) is 26.8. The molecule has 1 fully saturated rings. The SMILES string of the molecule is C1CCOC1.C=CC(=O)Nc1cccc(Oc2nc(Cl)ncc2OC)c1.C=CC(=O)Nc1cccc(Oc2nc(Nc3ccc4c(ccn4CCOC)c3)ncc2OC)c1.COCCBr.COCCN1[C+]=Cc2cc(N)ccc21.COCCn1ccc2cc(N)ccc21.COCCn1ccc2cc([N+](=O)[O-])ccc21.O=[N+]([O-])c1ccc2[nH]ccc2c1. The number of ether oxygens (including phenoxy) is 10. The van der Waals surface area contributed by atoms with Crippen LogP contribution in [0.1, 0.15) is 18.4 Å². The van der Waals surface area contributed by atoms with Gasteiger partial charge in [-0.15, -0.1) is 0 Å². The first-order valence-electron chi connectivity index (χ1n) is 37.6. The summed E-state index contributed by atoms with van der Waals surface area (Å²) in [5.41, 5.74) is 21.7. The number of alkyl halides is 1. The Morgan fingerprint density at radius 3 is 1.57 bits per heavy atom. The molecule has 2 aliphatic rings. The van der Waals surface area contributed by atoms with Crippen molar-refractivity contribution in [2.75, 3.05) is 140 Å². The first-order chi connectivity index (χ1) is 58.7. The van der Waals surface area contributed by atoms with Gasteiger partial charge in [-0.05, 0) is 140 Å². The van der Waals surface area contributed by atoms with Crippen molar-refractivity contribution in [1.82, 2.24) is 38.6 Å². The number of nitrogens with two attached hydrogens (primary N) is 2. The van der Waals surface area contributed by atoms with Gasteiger partial charge in [0.1, 0.15) is 23.8 Å². The number of carbonyl (C=O) groups excluding carboxylic acids is 2. The molecular formula is C87H97BrClN16O16+. The van der Waals surface area contributed by atoms with Gasteiger partial charge in [0.25, 0.3) is 23.1 Å². The second-order valence-electron chi connectivity index (χ2n) is 25.7. The molecular weight excluding hydrogens is 1640 g/mol. The summed E-state index contributed by atoms with van der Waals surface area (Å²) in [6.45, 7) is 15.6. The monoisotopic (exact) mass is 1740 g/mol. The molecule has 13 aromatic rings. The van der Waals surface area contributed by atoms with Crippen LogP contribution < -0.4 is 51.3 Å². The van der Waals surface area contributed by atoms with Crippen LogP contribution in [0.3, 0.4) is 0 Å². The normalized spacial score (nSPS) is 11.2. The van der Waals surface area contributed by atoms with Crippen molar-refractivity contribution in [2.45, 2.75) is 32.5 Å². The molecule has 15 rings (SSSR count). The Balaban J connectivity index is 0.000000183. The van der Waals surface area contributed by atoms with Gasteiger partial charge in [0.05, 0.1) is 76.0 Å². The van der Waals surface area contributed by atoms with Crippen molar-refractivity contribution in [3.05, 3.63) is 264 Å². The standard InChI is InChI=1S/C25H25N5O4.C14H12ClN3O3.C11H12N2O3.C11H14N2O.C11H13N2O.C8H6N2O2.C4H8O.C3H7BrO/c1-4-23(31)27-18-6-5-7-20(15-18)34-24-22(33-3)16-26-25(29-24)28-19-8-9-21-17(14-19)10-11-30(21)12-13-32-2;1-3-12(19)17-9-5-4-6-10(7-9)21-13-11(20-2)8-16-14(15)18-13;1-16-7-6-12-5-4-9-8-10(13(14)15)2-3-11(9)12;2*1-14-7-6-13-5-4-9-8-10(12)2-3-11(9)13;11-10(12)7-1-2-8-6(5-7)3-4-9-8;1-2-4-5-3-1;1-5-3-2-4/h4-11,14-16H,1,12-13H2,2-3H3,(H,27,31)(H,26,28,29);3-8H,1H2,2H3,(H,17,19);2-5,8H,6-7H2,1H3;2-5,8H,6-7,12H2,1H3;2-4,8H,6-7,12H2,1H3;1-5,9H;1-4H2;2-3H2,1H3/q;;;;+1;;;. The highest BCUT2D eigenvalue weighted by molar-refractivity contribution is 9.09. The number of methoxy groups -OCH3 is 7. The topological polar surface area (TPSA) is 386 Å². The number of hydrogen-bond acceptors (Lipinski definition) is 24. The van der Waals surface area contributed by atoms with E-state index in [4.69, 9.17) is 65.7 Å². The lowest BCUT2D eigenvalue weighted by molar-refractivity contribution is -0.384. The Labute approximate surface area is 713 Å². The van der Waals surface area contributed by atoms with Crippen molar-refractivity contribution in [2.24, 2.45) is 0 Å². The molecule has 2 amide bonds. The van der Waals surface area contributed by atoms with Crippen molar-refractivity contribution in [1.29, 1.82) is 0 Å². The number of hydrogen-bond donors (Lipinski definition) is 6. The largest absolute Gasteiger partial charge is 0.490 e. The first kappa shape index (κ1) is 93.2. The van der Waals surface area contributed by atoms with Crippen molar-refractivity contribution in [3.63, 3.8) is 0 Å². The van der Waals surface area contributed by atoms with Crippen LogP contribution in [-0.2, 0) is 57.6 Å². The molecule has 0 bridgehead atoms. The van der Waals surface area contributed by atoms with E-state index in [0.29, 0.717) is 60.1 Å². The summed E-state index contributed by atoms with van der Waals surface area (Å²) < 4.78 is 58.1. The fourth-order valence-corrected chi connectivity index (χ4v) is 11.9. The fourth-order valence-electron chi connectivity index (χ4n) is 11.4. The number of benzene rings is 7. The molecule has 8 N–H and O–H groups in total. The van der Waals surface area contributed by atoms with Crippen molar-refractivity contribution >= 4 is 140 Å². The molecule has 6 aromatic heterocycles. The van der Waals surface area contributed by atoms with Gasteiger partial charge in [0.15, 0.2) is 17.1 Å². The van der Waals surface area contributed by atoms with Crippen LogP contribution in [0, 0.1) is 26.4 Å². The first-order valence-corrected chi connectivity index (χ1v) is 39.1. The Kier molecular flexibility index (Phi) is 38.3. The third-order valence-corrected chi connectivity index (χ3v) is 17.9. The summed E-state index contributed by atoms with van der Waals surface area (Å²) in [5.74, 6) is 1.81. The lowest BCUT2D eigenvalue weighted by atomic mass is 10.2. The predicted octanol–water partition coefficient (Wildman–Crippen LogP) is 17.3. The molecule has 634 valence electrons. The van der Waals surface area contributed by atoms with Gasteiger partial charge in [0.2, 0.25) is 28.7 Å². The van der Waals surface area contributed by atoms with Gasteiger partial charge in [-0.25, -0.2) is 9.97 Å². The molecule has 0 aliphatic carbocycles. The lowest BCUT2D eigenvalue weighted by Crippen LogP contribution is -2.19. The quantitative estimate of drug-likeness (QED) is 0.00504. The van der Waals surface area contributed by atoms with E-state index in [1.54, 1.807) is 115 Å². The number of nitrogens with zero attached hydrogens (tertiary/aromatic N) is 10. The molecule has 8 heterocycles. The van der Waals surface area contributed by atoms with E-state index < -0.39 is 4.92 Å². The molecule has 0 spiro atoms. The molecule has 121 heavy (non-hydrogen) atoms. The molecule has 0 atom stereocenters. The van der Waals surface area contributed by atoms with Crippen LogP contribution in [0.5, 0.6) is 34.8 Å². The molecule has 1 saturated heterocycles. The van der Waals surface area contributed by atoms with E-state index in [1.807, 2.05) is 94.7 Å². The van der Waals surface area contributed by atoms with Crippen molar-refractivity contribution < 1.29 is 66.8 Å². The maximum atomic E-state index is 11.6. The van der Waals surface area contributed by atoms with E-state index in [-0.39, 0.29) is 45.2 Å². The van der Waals surface area contributed by atoms with Crippen molar-refractivity contribution in [3.8, 4) is 34.8 Å². The summed E-state index contributed by atoms with van der Waals surface area (Å²) in [6, 6.07) is 49.0. The van der Waals surface area contributed by atoms with E-state index in [2.05, 4.69) is 108 Å². The van der Waals surface area contributed by atoms with Crippen LogP contribution in [0.4, 0.5) is 51.4 Å². The molecule has 2 aliphatic heterocycles. The zero-order valence-corrected chi connectivity index (χ0v) is 70.4. The number of nitrogen functional groups attached to an aromatic ring is 2. The highest BCUT2D eigenvalue weighted by atomic mass is 79.9. The van der Waals surface area contributed by atoms with Gasteiger partial charge >= 0.3 is 0 Å². The van der Waals surface area contributed by atoms with E-state index >= 15 is 0 Å². The van der Waals surface area contributed by atoms with Crippen LogP contribution in [-0.4, -0.2) is 168 Å². The van der Waals surface area contributed by atoms with E-state index in [1.165, 1.54) is 74.6 Å². The summed E-state index contributed by atoms with van der Waals surface area (Å²) in [4.78, 5) is 64.6. The summed E-state index contributed by atoms with van der Waals surface area (Å²) in [7, 11) is 11.4. The van der Waals surface area contributed by atoms with Gasteiger partial charge in [-0.3, -0.25) is 29.8 Å². The highest BCUT2D eigenvalue weighted by Gasteiger charge is 2.25. The number of anilines is 7. The average molecular weight is 1740 g/mol. The molecule has 0 saturated carbocycles. The number of rotatable bonds is 28. The third kappa shape index (κ3) is 29.6. The molecule has 7 aromatic carbocycles. The van der Waals surface area contributed by atoms with E-state index in [9.17, 15) is 29.8 Å². The predicted molar refractivity (Wildman–Crippen MR) is 477 cm³/mol. The van der Waals surface area contributed by atoms with Crippen LogP contribution in [0.2, 0.25) is 5.28 Å². The summed E-state index contributed by atoms with van der Waals surface area (Å²) in [6.07, 6.45) is 20.7. The zero-order valence-electron chi connectivity index (χ0n) is 68.0. The minimum Gasteiger partial charge on any atom is -0.490 e. The molecule has 0 radical (unpaired) electrons. The third-order valence-electron chi connectivity index (χ3n) is 17.3. The number of nitro groups is 2. The summed E-state index contributed by atoms with van der Waals surface area (Å²) in [5, 5.41) is 34.5. The number of carbonyl (C=O) groups is 2. The van der Waals surface area contributed by atoms with Gasteiger partial charge < -0.3 is 93.5 Å². The van der Waals surface area contributed by atoms with Gasteiger partial charge in [0, 0.05) is 219 Å². The maximum Gasteiger partial charge on any atom is 0.270 e. The van der Waals surface area contributed by atoms with E-state index in [0.717, 1.165) is 119 Å². The molecule has 32 nitrogen and oxygen atoms in total. The van der Waals surface area contributed by atoms with Gasteiger partial charge in [-0.1, -0.05) is 41.2 Å². The number of halogens is 2.